The number of hydrogen-bond acceptors (Lipinski definition) is 27. The van der Waals surface area contributed by atoms with Crippen molar-refractivity contribution in [3.63, 3.8) is 0 Å². The third-order valence-electron chi connectivity index (χ3n) is 20.0. The fraction of sp³-hybridized carbons (Fsp3) is 0.544. The van der Waals surface area contributed by atoms with Crippen molar-refractivity contribution in [1.82, 2.24) is 0 Å². The number of allylic oxidation sites excluding steroid dienone is 7. The summed E-state index contributed by atoms with van der Waals surface area (Å²) in [4.78, 5) is 97.2. The minimum absolute atomic E-state index is 0.00399. The number of aliphatic hydroxyl groups excluding tert-OH is 7. The van der Waals surface area contributed by atoms with E-state index in [1.54, 1.807) is 67.6 Å². The van der Waals surface area contributed by atoms with Gasteiger partial charge in [0.05, 0.1) is 101 Å². The number of aliphatic hydroxyl groups is 8. The van der Waals surface area contributed by atoms with E-state index in [4.69, 9.17) is 42.6 Å². The topological polar surface area (TPSA) is 400 Å². The predicted octanol–water partition coefficient (Wildman–Crippen LogP) is 8.98. The average Bonchev–Trinajstić information content (AvgIpc) is 1.71. The van der Waals surface area contributed by atoms with Crippen LogP contribution in [0.1, 0.15) is 136 Å². The maximum absolute atomic E-state index is 12.9. The second kappa shape index (κ2) is 53.5. The van der Waals surface area contributed by atoms with Crippen LogP contribution in [-0.2, 0) is 71.5 Å². The largest absolute Gasteiger partial charge is 0.491 e. The first kappa shape index (κ1) is 96.9. The molecule has 0 bridgehead atoms. The summed E-state index contributed by atoms with van der Waals surface area (Å²) in [5.74, 6) is -2.23. The zero-order valence-electron chi connectivity index (χ0n) is 67.7. The molecule has 0 amide bonds. The first-order valence-electron chi connectivity index (χ1n) is 40.3. The third-order valence-corrected chi connectivity index (χ3v) is 20.0. The van der Waals surface area contributed by atoms with Crippen LogP contribution in [0, 0.1) is 35.5 Å². The molecule has 0 radical (unpaired) electrons. The van der Waals surface area contributed by atoms with E-state index in [0.717, 1.165) is 0 Å². The fourth-order valence-corrected chi connectivity index (χ4v) is 13.5. The molecule has 27 nitrogen and oxygen atoms in total. The van der Waals surface area contributed by atoms with Crippen LogP contribution in [0.5, 0.6) is 23.0 Å². The number of carbonyl (C=O) groups is 8. The smallest absolute Gasteiger partial charge is 0.316 e. The first-order valence-corrected chi connectivity index (χ1v) is 40.3. The number of hydrogen-bond donors (Lipinski definition) is 8. The Balaban J connectivity index is 0.000000305. The standard InChI is InChI=1S/C46H62O13.C22H30O7.C22H28O7/c1-31(2)35(21-14-8-15-23-36-38(48)25-40(50)43(36)56-28-32(47)27-55-33-17-9-6-10-18-33)45(53)59-42(52)24-16-5-4-13-22-37-39(49)26-41(51)44(37)58-30-46(3,54)29-57-34-19-11-7-12-20-34;2*1-27-21(26)12-8-3-2-7-11-18-19(24)13-20(25)22(18)29-15-16(23)14-28-17-9-5-4-6-10-17/h4,6-13,15,17-20,31-32,35-37,40-41,43-44,47,50-51,54H,5,14,16,21-30H2,1-3H3;2,4-7,9-10,16,18,20,22-23,25H,3,8,11-15H2,1H3;3-7,9-10,16,18,20,22-23,25H,8,11-15H2,1H3/b13-4-,15-8+;;/t;;2?,16-,18+,20-,22-/m..0/s1. The molecule has 4 aliphatic carbocycles. The van der Waals surface area contributed by atoms with Gasteiger partial charge in [-0.1, -0.05) is 123 Å². The Labute approximate surface area is 685 Å². The van der Waals surface area contributed by atoms with Crippen molar-refractivity contribution in [2.24, 2.45) is 35.5 Å². The molecule has 117 heavy (non-hydrogen) atoms. The van der Waals surface area contributed by atoms with Gasteiger partial charge >= 0.3 is 23.9 Å². The van der Waals surface area contributed by atoms with E-state index in [0.29, 0.717) is 100 Å². The lowest BCUT2D eigenvalue weighted by Crippen LogP contribution is -2.41. The van der Waals surface area contributed by atoms with Gasteiger partial charge in [-0.2, -0.15) is 0 Å². The van der Waals surface area contributed by atoms with E-state index in [-0.39, 0.29) is 132 Å². The highest BCUT2D eigenvalue weighted by atomic mass is 16.6. The van der Waals surface area contributed by atoms with Crippen molar-refractivity contribution in [2.45, 2.75) is 209 Å². The van der Waals surface area contributed by atoms with E-state index < -0.39 is 114 Å². The molecule has 4 saturated carbocycles. The second-order valence-corrected chi connectivity index (χ2v) is 30.1. The zero-order chi connectivity index (χ0) is 84.9. The summed E-state index contributed by atoms with van der Waals surface area (Å²) >= 11 is 0. The fourth-order valence-electron chi connectivity index (χ4n) is 13.5. The lowest BCUT2D eigenvalue weighted by molar-refractivity contribution is -0.164. The maximum Gasteiger partial charge on any atom is 0.316 e. The normalized spacial score (nSPS) is 23.2. The van der Waals surface area contributed by atoms with E-state index in [1.807, 2.05) is 123 Å². The highest BCUT2D eigenvalue weighted by molar-refractivity contribution is 5.88. The summed E-state index contributed by atoms with van der Waals surface area (Å²) in [6, 6.07) is 36.4. The van der Waals surface area contributed by atoms with Crippen LogP contribution < -0.4 is 18.9 Å². The molecule has 4 fully saturated rings. The van der Waals surface area contributed by atoms with Gasteiger partial charge in [-0.3, -0.25) is 38.4 Å². The van der Waals surface area contributed by atoms with Crippen molar-refractivity contribution in [3.05, 3.63) is 176 Å². The molecule has 4 aromatic rings. The van der Waals surface area contributed by atoms with Crippen LogP contribution in [0.4, 0.5) is 0 Å². The van der Waals surface area contributed by atoms with Gasteiger partial charge in [-0.25, -0.2) is 0 Å². The summed E-state index contributed by atoms with van der Waals surface area (Å²) in [5, 5.41) is 82.4. The van der Waals surface area contributed by atoms with Crippen LogP contribution in [0.2, 0.25) is 0 Å². The molecule has 0 saturated heterocycles. The Morgan fingerprint density at radius 3 is 1.15 bits per heavy atom. The van der Waals surface area contributed by atoms with Crippen LogP contribution >= 0.6 is 0 Å². The van der Waals surface area contributed by atoms with Gasteiger partial charge in [0, 0.05) is 62.7 Å². The summed E-state index contributed by atoms with van der Waals surface area (Å²) in [6.45, 7) is 5.13. The van der Waals surface area contributed by atoms with Crippen LogP contribution in [0.3, 0.4) is 0 Å². The van der Waals surface area contributed by atoms with Gasteiger partial charge in [0.25, 0.3) is 0 Å². The van der Waals surface area contributed by atoms with Crippen LogP contribution in [-0.4, -0.2) is 228 Å². The predicted molar refractivity (Wildman–Crippen MR) is 430 cm³/mol. The molecule has 4 aromatic carbocycles. The van der Waals surface area contributed by atoms with Crippen molar-refractivity contribution in [1.29, 1.82) is 0 Å². The van der Waals surface area contributed by atoms with Crippen molar-refractivity contribution in [2.75, 3.05) is 67.1 Å². The molecular weight excluding hydrogens is 1510 g/mol. The van der Waals surface area contributed by atoms with E-state index in [1.165, 1.54) is 14.2 Å². The minimum atomic E-state index is -1.35. The Kier molecular flexibility index (Phi) is 44.3. The number of rotatable bonds is 48. The Bertz CT molecular complexity index is 3750. The summed E-state index contributed by atoms with van der Waals surface area (Å²) < 4.78 is 59.5. The molecular formula is C90H120O27. The van der Waals surface area contributed by atoms with Gasteiger partial charge in [0.2, 0.25) is 0 Å². The molecule has 27 heteroatoms. The Hall–Kier alpha value is -8.90. The number of carbonyl (C=O) groups excluding carboxylic acids is 8. The Morgan fingerprint density at radius 2 is 0.769 bits per heavy atom. The summed E-state index contributed by atoms with van der Waals surface area (Å²) in [6.07, 6.45) is 11.3. The molecule has 17 atom stereocenters. The number of benzene rings is 4. The highest BCUT2D eigenvalue weighted by Crippen LogP contribution is 2.34. The number of methoxy groups -OCH3 is 2. The van der Waals surface area contributed by atoms with Gasteiger partial charge in [0.1, 0.15) is 96.5 Å². The number of unbranched alkanes of at least 4 members (excludes halogenated alkanes) is 2. The number of esters is 4. The van der Waals surface area contributed by atoms with E-state index >= 15 is 0 Å². The van der Waals surface area contributed by atoms with Crippen molar-refractivity contribution >= 4 is 47.0 Å². The lowest BCUT2D eigenvalue weighted by Gasteiger charge is -2.28. The summed E-state index contributed by atoms with van der Waals surface area (Å²) in [5.41, 5.74) is 1.59. The van der Waals surface area contributed by atoms with Gasteiger partial charge in [-0.05, 0) is 144 Å². The monoisotopic (exact) mass is 1630 g/mol. The molecule has 13 unspecified atom stereocenters. The molecule has 0 aliphatic heterocycles. The van der Waals surface area contributed by atoms with Crippen molar-refractivity contribution < 1.29 is 131 Å². The molecule has 0 aromatic heterocycles. The van der Waals surface area contributed by atoms with Crippen LogP contribution in [0.15, 0.2) is 176 Å². The number of ether oxygens (including phenoxy) is 11. The van der Waals surface area contributed by atoms with Gasteiger partial charge in [0.15, 0.2) is 0 Å². The van der Waals surface area contributed by atoms with Crippen LogP contribution in [0.25, 0.3) is 0 Å². The SMILES string of the molecule is CC(C)C(CC/C=C/CC1C(=O)CC(O)C1OCC(O)COc1ccccc1)C(=O)OC(=O)CCC/C=C\CC1C(=O)CC(O)C1OCC(C)(O)COc1ccccc1.COC(=O)CCC=C=CC[C@@H]1C(=O)C[C@H](O)[C@H]1OC[C@@H](O)COc1ccccc1.COC(=O)CCCC=CCC1C(=O)CC(O)C1OCC(O)COc1ccccc1. The minimum Gasteiger partial charge on any atom is -0.491 e. The second-order valence-electron chi connectivity index (χ2n) is 30.1. The zero-order valence-corrected chi connectivity index (χ0v) is 67.7. The quantitative estimate of drug-likeness (QED) is 0.00510. The highest BCUT2D eigenvalue weighted by Gasteiger charge is 2.46. The third kappa shape index (κ3) is 36.5. The number of para-hydroxylation sites is 4. The average molecular weight is 1630 g/mol. The molecule has 0 heterocycles. The Morgan fingerprint density at radius 1 is 0.427 bits per heavy atom. The van der Waals surface area contributed by atoms with E-state index in [2.05, 4.69) is 15.2 Å². The van der Waals surface area contributed by atoms with Gasteiger partial charge in [-0.15, -0.1) is 5.73 Å². The first-order chi connectivity index (χ1) is 56.2. The molecule has 8 N–H and O–H groups in total. The molecule has 0 spiro atoms. The number of ketones is 4. The molecule has 8 rings (SSSR count). The molecule has 642 valence electrons. The van der Waals surface area contributed by atoms with Crippen molar-refractivity contribution in [3.8, 4) is 23.0 Å². The van der Waals surface area contributed by atoms with Gasteiger partial charge < -0.3 is 93.0 Å². The van der Waals surface area contributed by atoms with E-state index in [9.17, 15) is 79.2 Å². The lowest BCUT2D eigenvalue weighted by atomic mass is 9.91. The number of Topliss-reactive ketones (excluding diaryl/α,β-unsaturated/α-hetero) is 4. The maximum atomic E-state index is 12.9. The summed E-state index contributed by atoms with van der Waals surface area (Å²) in [7, 11) is 2.70. The molecule has 4 aliphatic rings.